The Morgan fingerprint density at radius 1 is 1.06 bits per heavy atom. The predicted octanol–water partition coefficient (Wildman–Crippen LogP) is -2.14. The van der Waals surface area contributed by atoms with Gasteiger partial charge in [0.25, 0.3) is 0 Å². The van der Waals surface area contributed by atoms with E-state index in [1.54, 1.807) is 5.01 Å². The lowest BCUT2D eigenvalue weighted by Crippen LogP contribution is -2.68. The van der Waals surface area contributed by atoms with E-state index in [1.807, 2.05) is 0 Å². The number of ether oxygens (including phenoxy) is 1. The zero-order valence-corrected chi connectivity index (χ0v) is 20.0. The molecule has 5 heterocycles. The molecule has 0 radical (unpaired) electrons. The largest absolute Gasteiger partial charge is 0.380 e. The van der Waals surface area contributed by atoms with Crippen molar-refractivity contribution in [3.05, 3.63) is 0 Å². The molecule has 0 spiro atoms. The summed E-state index contributed by atoms with van der Waals surface area (Å²) < 4.78 is 19.5. The number of nitrogens with one attached hydrogen (secondary N) is 4. The number of piperazine rings is 1. The molecule has 7 unspecified atom stereocenters. The zero-order chi connectivity index (χ0) is 23.2. The van der Waals surface area contributed by atoms with E-state index >= 15 is 0 Å². The summed E-state index contributed by atoms with van der Waals surface area (Å²) in [6, 6.07) is 0.957. The van der Waals surface area contributed by atoms with Crippen LogP contribution in [0, 0.1) is 17.8 Å². The molecule has 10 nitrogen and oxygen atoms in total. The molecular weight excluding hydrogens is 439 g/mol. The number of hydrogen-bond donors (Lipinski definition) is 5. The molecule has 5 saturated heterocycles. The van der Waals surface area contributed by atoms with Crippen LogP contribution in [0.5, 0.6) is 0 Å². The fourth-order valence-electron chi connectivity index (χ4n) is 7.05. The van der Waals surface area contributed by atoms with E-state index in [-0.39, 0.29) is 31.2 Å². The zero-order valence-electron chi connectivity index (χ0n) is 20.0. The van der Waals surface area contributed by atoms with Crippen LogP contribution in [0.1, 0.15) is 19.3 Å². The van der Waals surface area contributed by atoms with Gasteiger partial charge in [-0.15, -0.1) is 0 Å². The van der Waals surface area contributed by atoms with Crippen molar-refractivity contribution in [3.63, 3.8) is 0 Å². The van der Waals surface area contributed by atoms with Gasteiger partial charge in [0.15, 0.2) is 0 Å². The molecule has 192 valence electrons. The highest BCUT2D eigenvalue weighted by molar-refractivity contribution is 5.81. The molecule has 6 fully saturated rings. The lowest BCUT2D eigenvalue weighted by Gasteiger charge is -2.49. The minimum absolute atomic E-state index is 0.0349. The van der Waals surface area contributed by atoms with Gasteiger partial charge in [-0.2, -0.15) is 0 Å². The smallest absolute Gasteiger partial charge is 0.229 e. The molecule has 6 rings (SSSR count). The van der Waals surface area contributed by atoms with Gasteiger partial charge in [-0.25, -0.2) is 14.8 Å². The average molecular weight is 481 g/mol. The summed E-state index contributed by atoms with van der Waals surface area (Å²) in [7, 11) is 0. The first-order chi connectivity index (χ1) is 16.6. The van der Waals surface area contributed by atoms with Crippen LogP contribution in [-0.4, -0.2) is 123 Å². The van der Waals surface area contributed by atoms with E-state index in [9.17, 15) is 9.18 Å². The van der Waals surface area contributed by atoms with Crippen molar-refractivity contribution in [1.29, 1.82) is 0 Å². The van der Waals surface area contributed by atoms with Gasteiger partial charge in [0.2, 0.25) is 5.91 Å². The molecule has 11 heteroatoms. The average Bonchev–Trinajstić information content (AvgIpc) is 3.42. The standard InChI is InChI=1S/C23H41FN8O2/c24-15-9-27-22-19(21(25)29-32(22)12-15)23(33)28-18-11-26-10-17(14-1-2-14)20(18)31-6-4-30(5-7-31)16-3-8-34-13-16/h14-22,26-27,29H,1-13,25H2,(H,28,33)/t15?,16-,17?,18?,19?,20?,21?,22?/m0/s1. The Hall–Kier alpha value is -0.920. The van der Waals surface area contributed by atoms with E-state index in [1.165, 1.54) is 12.8 Å². The van der Waals surface area contributed by atoms with Crippen molar-refractivity contribution < 1.29 is 13.9 Å². The van der Waals surface area contributed by atoms with Gasteiger partial charge in [-0.1, -0.05) is 0 Å². The van der Waals surface area contributed by atoms with Gasteiger partial charge in [0, 0.05) is 64.5 Å². The number of hydrogen-bond acceptors (Lipinski definition) is 9. The van der Waals surface area contributed by atoms with Crippen LogP contribution in [0.3, 0.4) is 0 Å². The van der Waals surface area contributed by atoms with E-state index in [0.717, 1.165) is 64.8 Å². The van der Waals surface area contributed by atoms with Crippen molar-refractivity contribution in [2.45, 2.75) is 55.9 Å². The first-order valence-electron chi connectivity index (χ1n) is 13.3. The monoisotopic (exact) mass is 480 g/mol. The van der Waals surface area contributed by atoms with Crippen molar-refractivity contribution in [3.8, 4) is 0 Å². The van der Waals surface area contributed by atoms with E-state index in [4.69, 9.17) is 10.5 Å². The Labute approximate surface area is 201 Å². The molecule has 8 atom stereocenters. The van der Waals surface area contributed by atoms with E-state index in [0.29, 0.717) is 18.0 Å². The SMILES string of the molecule is NC1NN2CC(F)CNC2C1C(=O)NC1CNCC(C2CC2)C1N1CCN([C@H]2CCOC2)CC1. The minimum Gasteiger partial charge on any atom is -0.380 e. The number of carbonyl (C=O) groups excluding carboxylic acids is 1. The summed E-state index contributed by atoms with van der Waals surface area (Å²) in [5.41, 5.74) is 9.41. The highest BCUT2D eigenvalue weighted by Crippen LogP contribution is 2.41. The van der Waals surface area contributed by atoms with Gasteiger partial charge in [-0.3, -0.25) is 19.9 Å². The Bertz CT molecular complexity index is 730. The van der Waals surface area contributed by atoms with Crippen LogP contribution < -0.4 is 27.1 Å². The van der Waals surface area contributed by atoms with Crippen LogP contribution in [0.2, 0.25) is 0 Å². The second-order valence-electron chi connectivity index (χ2n) is 11.1. The number of halogens is 1. The highest BCUT2D eigenvalue weighted by atomic mass is 19.1. The van der Waals surface area contributed by atoms with Crippen LogP contribution in [-0.2, 0) is 9.53 Å². The van der Waals surface area contributed by atoms with Crippen molar-refractivity contribution >= 4 is 5.91 Å². The molecular formula is C23H41FN8O2. The molecule has 1 amide bonds. The minimum atomic E-state index is -0.960. The summed E-state index contributed by atoms with van der Waals surface area (Å²) in [5, 5.41) is 12.0. The molecule has 0 aromatic heterocycles. The van der Waals surface area contributed by atoms with Crippen LogP contribution in [0.25, 0.3) is 0 Å². The van der Waals surface area contributed by atoms with Crippen LogP contribution >= 0.6 is 0 Å². The van der Waals surface area contributed by atoms with Gasteiger partial charge < -0.3 is 21.1 Å². The molecule has 0 bridgehead atoms. The van der Waals surface area contributed by atoms with E-state index in [2.05, 4.69) is 31.2 Å². The molecule has 1 aliphatic carbocycles. The van der Waals surface area contributed by atoms with Gasteiger partial charge in [0.05, 0.1) is 30.9 Å². The third kappa shape index (κ3) is 4.61. The fraction of sp³-hybridized carbons (Fsp3) is 0.957. The first-order valence-corrected chi connectivity index (χ1v) is 13.3. The summed E-state index contributed by atoms with van der Waals surface area (Å²) in [5.74, 6) is 0.833. The Balaban J connectivity index is 1.13. The number of hydrazine groups is 1. The summed E-state index contributed by atoms with van der Waals surface area (Å²) in [6.45, 7) is 8.27. The lowest BCUT2D eigenvalue weighted by atomic mass is 9.83. The summed E-state index contributed by atoms with van der Waals surface area (Å²) >= 11 is 0. The van der Waals surface area contributed by atoms with Gasteiger partial charge in [0.1, 0.15) is 6.17 Å². The highest BCUT2D eigenvalue weighted by Gasteiger charge is 2.50. The number of nitrogens with two attached hydrogens (primary N) is 1. The van der Waals surface area contributed by atoms with Crippen LogP contribution in [0.4, 0.5) is 4.39 Å². The fourth-order valence-corrected chi connectivity index (χ4v) is 7.05. The quantitative estimate of drug-likeness (QED) is 0.301. The van der Waals surface area contributed by atoms with Crippen molar-refractivity contribution in [1.82, 2.24) is 36.2 Å². The second kappa shape index (κ2) is 9.85. The maximum atomic E-state index is 13.8. The molecule has 0 aromatic rings. The predicted molar refractivity (Wildman–Crippen MR) is 125 cm³/mol. The summed E-state index contributed by atoms with van der Waals surface area (Å²) in [4.78, 5) is 18.8. The molecule has 1 saturated carbocycles. The van der Waals surface area contributed by atoms with Gasteiger partial charge in [-0.05, 0) is 37.6 Å². The molecule has 0 aromatic carbocycles. The number of nitrogens with zero attached hydrogens (tertiary/aromatic N) is 3. The number of piperidine rings is 1. The molecule has 6 aliphatic rings. The number of amides is 1. The van der Waals surface area contributed by atoms with Crippen molar-refractivity contribution in [2.75, 3.05) is 65.6 Å². The van der Waals surface area contributed by atoms with Gasteiger partial charge >= 0.3 is 0 Å². The Morgan fingerprint density at radius 2 is 1.85 bits per heavy atom. The second-order valence-corrected chi connectivity index (χ2v) is 11.1. The number of alkyl halides is 1. The maximum Gasteiger partial charge on any atom is 0.229 e. The third-order valence-corrected chi connectivity index (χ3v) is 8.97. The Kier molecular flexibility index (Phi) is 6.80. The van der Waals surface area contributed by atoms with E-state index < -0.39 is 18.3 Å². The van der Waals surface area contributed by atoms with Crippen LogP contribution in [0.15, 0.2) is 0 Å². The topological polar surface area (TPSA) is 110 Å². The lowest BCUT2D eigenvalue weighted by molar-refractivity contribution is -0.128. The molecule has 34 heavy (non-hydrogen) atoms. The number of carbonyl (C=O) groups is 1. The first kappa shape index (κ1) is 23.5. The molecule has 6 N–H and O–H groups in total. The summed E-state index contributed by atoms with van der Waals surface area (Å²) in [6.07, 6.45) is 1.99. The normalized spacial score (nSPS) is 44.8. The Morgan fingerprint density at radius 3 is 2.59 bits per heavy atom. The maximum absolute atomic E-state index is 13.8. The third-order valence-electron chi connectivity index (χ3n) is 8.97. The number of fused-ring (bicyclic) bond motifs is 1. The number of rotatable bonds is 5. The van der Waals surface area contributed by atoms with Crippen molar-refractivity contribution in [2.24, 2.45) is 23.5 Å². The molecule has 5 aliphatic heterocycles.